The molecule has 0 aromatic heterocycles. The molecule has 346 valence electrons. The summed E-state index contributed by atoms with van der Waals surface area (Å²) in [6.45, 7) is 21.3. The third-order valence-electron chi connectivity index (χ3n) is 13.0. The summed E-state index contributed by atoms with van der Waals surface area (Å²) in [5, 5.41) is 21.0. The molecule has 2 aliphatic carbocycles. The number of hydrogen-bond acceptors (Lipinski definition) is 3. The summed E-state index contributed by atoms with van der Waals surface area (Å²) in [7, 11) is 0. The molecule has 0 spiro atoms. The van der Waals surface area contributed by atoms with Crippen molar-refractivity contribution in [3.05, 3.63) is 196 Å². The van der Waals surface area contributed by atoms with E-state index in [2.05, 4.69) is 183 Å². The molecule has 0 bridgehead atoms. The average molecular weight is 895 g/mol. The molecule has 6 heteroatoms. The van der Waals surface area contributed by atoms with Crippen molar-refractivity contribution in [2.45, 2.75) is 108 Å². The Morgan fingerprint density at radius 3 is 1.32 bits per heavy atom. The fourth-order valence-corrected chi connectivity index (χ4v) is 14.2. The van der Waals surface area contributed by atoms with Gasteiger partial charge in [0.25, 0.3) is 0 Å². The number of carbonyl (C=O) groups excluding carboxylic acids is 1. The van der Waals surface area contributed by atoms with Crippen LogP contribution < -0.4 is 15.9 Å². The molecule has 0 radical (unpaired) electrons. The Labute approximate surface area is 391 Å². The third-order valence-corrected chi connectivity index (χ3v) is 19.1. The number of carboxylic acids is 2. The van der Waals surface area contributed by atoms with E-state index in [0.29, 0.717) is 6.29 Å². The van der Waals surface area contributed by atoms with Gasteiger partial charge in [0, 0.05) is 12.2 Å². The van der Waals surface area contributed by atoms with Gasteiger partial charge in [-0.1, -0.05) is 55.4 Å². The fraction of sp³-hybridized carbons (Fsp3) is 0.339. The number of aldehydes is 1. The maximum absolute atomic E-state index is 10.5. The van der Waals surface area contributed by atoms with Crippen LogP contribution in [0.2, 0.25) is 0 Å². The standard InChI is InChI=1S/C34H41P.C20H28O2.C5H6O3/c1-28(23-24-33-29(2)16-15-26-34(33,3)4)25-27-35(5,30-17-9-6-10-18-30,31-19-11-7-12-20-31)32-21-13-8-14-22-32;1-15(8-6-9-16(2)14-19(21)22)11-12-18-17(3)10-7-13-20(18,4)5;1-4(3-6)2-5(7)8/h6-14,17-25H,15-16,26-27H2,1-5H3;6,8-9,11-12,14H,7,10,13H2,1-5H3,(H,21,22);2-3H,1H3,(H,7,8)/b24-23+,28-25+;9-6+,12-11+,15-8+,16-14-;4-2-. The second kappa shape index (κ2) is 24.6. The van der Waals surface area contributed by atoms with Gasteiger partial charge in [-0.05, 0) is 69.1 Å². The first-order valence-corrected chi connectivity index (χ1v) is 25.7. The van der Waals surface area contributed by atoms with E-state index in [4.69, 9.17) is 10.2 Å². The molecule has 0 heterocycles. The van der Waals surface area contributed by atoms with Gasteiger partial charge in [0.1, 0.15) is 6.29 Å². The van der Waals surface area contributed by atoms with Crippen molar-refractivity contribution >= 4 is 40.7 Å². The van der Waals surface area contributed by atoms with Gasteiger partial charge < -0.3 is 10.2 Å². The van der Waals surface area contributed by atoms with Gasteiger partial charge in [-0.25, -0.2) is 9.59 Å². The van der Waals surface area contributed by atoms with Gasteiger partial charge in [-0.3, -0.25) is 4.79 Å². The third kappa shape index (κ3) is 15.5. The topological polar surface area (TPSA) is 91.7 Å². The van der Waals surface area contributed by atoms with Crippen LogP contribution in [0, 0.1) is 10.8 Å². The summed E-state index contributed by atoms with van der Waals surface area (Å²) in [4.78, 5) is 30.0. The number of allylic oxidation sites excluding steroid dienone is 16. The van der Waals surface area contributed by atoms with E-state index in [1.54, 1.807) is 18.6 Å². The van der Waals surface area contributed by atoms with E-state index in [9.17, 15) is 14.4 Å². The first-order chi connectivity index (χ1) is 30.6. The van der Waals surface area contributed by atoms with Crippen LogP contribution in [0.1, 0.15) is 108 Å². The Morgan fingerprint density at radius 1 is 0.585 bits per heavy atom. The first kappa shape index (κ1) is 53.7. The molecular formula is C59H75O5P. The van der Waals surface area contributed by atoms with Gasteiger partial charge >= 0.3 is 226 Å². The van der Waals surface area contributed by atoms with Crippen LogP contribution in [0.25, 0.3) is 0 Å². The predicted octanol–water partition coefficient (Wildman–Crippen LogP) is 14.0. The van der Waals surface area contributed by atoms with E-state index >= 15 is 0 Å². The summed E-state index contributed by atoms with van der Waals surface area (Å²) in [6.07, 6.45) is 28.4. The molecule has 0 unspecified atom stereocenters. The van der Waals surface area contributed by atoms with Crippen molar-refractivity contribution in [3.63, 3.8) is 0 Å². The summed E-state index contributed by atoms with van der Waals surface area (Å²) in [6, 6.07) is 33.6. The Balaban J connectivity index is 0.000000318. The molecule has 0 saturated carbocycles. The van der Waals surface area contributed by atoms with E-state index < -0.39 is 18.5 Å². The molecule has 65 heavy (non-hydrogen) atoms. The molecule has 5 rings (SSSR count). The molecule has 2 N–H and O–H groups in total. The minimum absolute atomic E-state index is 0.220. The molecule has 0 aliphatic heterocycles. The van der Waals surface area contributed by atoms with Crippen molar-refractivity contribution in [2.24, 2.45) is 10.8 Å². The second-order valence-corrected chi connectivity index (χ2v) is 24.8. The van der Waals surface area contributed by atoms with E-state index in [-0.39, 0.29) is 16.4 Å². The van der Waals surface area contributed by atoms with E-state index in [1.165, 1.54) is 89.7 Å². The van der Waals surface area contributed by atoms with Crippen molar-refractivity contribution in [3.8, 4) is 0 Å². The number of aliphatic carboxylic acids is 2. The Kier molecular flexibility index (Phi) is 20.3. The fourth-order valence-electron chi connectivity index (χ4n) is 9.03. The number of carboxylic acid groups (broad SMARTS) is 2. The number of carbonyl (C=O) groups is 3. The number of rotatable bonds is 14. The molecule has 2 aliphatic rings. The van der Waals surface area contributed by atoms with Crippen molar-refractivity contribution in [1.82, 2.24) is 0 Å². The van der Waals surface area contributed by atoms with Crippen LogP contribution in [-0.4, -0.2) is 41.3 Å². The zero-order valence-electron chi connectivity index (χ0n) is 41.0. The zero-order chi connectivity index (χ0) is 48.3. The van der Waals surface area contributed by atoms with Gasteiger partial charge in [-0.15, -0.1) is 0 Å². The number of hydrogen-bond donors (Lipinski definition) is 2. The molecule has 0 fully saturated rings. The average Bonchev–Trinajstić information content (AvgIpc) is 3.25. The maximum atomic E-state index is 10.5. The molecule has 0 amide bonds. The van der Waals surface area contributed by atoms with Crippen LogP contribution >= 0.6 is 6.60 Å². The van der Waals surface area contributed by atoms with Gasteiger partial charge in [-0.2, -0.15) is 0 Å². The Hall–Kier alpha value is -5.64. The summed E-state index contributed by atoms with van der Waals surface area (Å²) in [5.74, 6) is -2.00. The summed E-state index contributed by atoms with van der Waals surface area (Å²) < 4.78 is 0. The van der Waals surface area contributed by atoms with Crippen LogP contribution in [0.3, 0.4) is 0 Å². The van der Waals surface area contributed by atoms with Gasteiger partial charge in [0.2, 0.25) is 0 Å². The monoisotopic (exact) mass is 895 g/mol. The molecule has 0 saturated heterocycles. The number of benzene rings is 3. The zero-order valence-corrected chi connectivity index (χ0v) is 41.9. The Morgan fingerprint density at radius 2 is 0.969 bits per heavy atom. The van der Waals surface area contributed by atoms with Crippen LogP contribution in [0.15, 0.2) is 196 Å². The van der Waals surface area contributed by atoms with E-state index in [1.807, 2.05) is 12.2 Å². The summed E-state index contributed by atoms with van der Waals surface area (Å²) in [5.41, 5.74) is 10.00. The minimum atomic E-state index is -2.74. The normalized spacial score (nSPS) is 17.8. The second-order valence-electron chi connectivity index (χ2n) is 19.3. The molecule has 0 atom stereocenters. The summed E-state index contributed by atoms with van der Waals surface area (Å²) >= 11 is 0. The van der Waals surface area contributed by atoms with Crippen LogP contribution in [0.5, 0.6) is 0 Å². The van der Waals surface area contributed by atoms with Crippen molar-refractivity contribution in [2.75, 3.05) is 12.8 Å². The van der Waals surface area contributed by atoms with Crippen molar-refractivity contribution in [1.29, 1.82) is 0 Å². The van der Waals surface area contributed by atoms with Gasteiger partial charge in [0.15, 0.2) is 0 Å². The quantitative estimate of drug-likeness (QED) is 0.0728. The van der Waals surface area contributed by atoms with Crippen molar-refractivity contribution < 1.29 is 24.6 Å². The molecule has 5 nitrogen and oxygen atoms in total. The SMILES string of the molecule is C/C(C=O)=C/C(=O)O.CC1=C(/C=C/C(C)=C/C=C/C(C)=C\C(=O)O)C(C)(C)CCC1.CC1=C(/C=C/C(C)=C/CP(C)(c2ccccc2)(c2ccccc2)c2ccccc2)C(C)(C)CCC1. The molecular weight excluding hydrogens is 820 g/mol. The molecule has 3 aromatic rings. The molecule has 3 aromatic carbocycles. The van der Waals surface area contributed by atoms with Crippen LogP contribution in [0.4, 0.5) is 0 Å². The van der Waals surface area contributed by atoms with Crippen LogP contribution in [-0.2, 0) is 14.4 Å². The predicted molar refractivity (Wildman–Crippen MR) is 280 cm³/mol. The van der Waals surface area contributed by atoms with Gasteiger partial charge in [0.05, 0.1) is 0 Å². The Bertz CT molecular complexity index is 2280. The van der Waals surface area contributed by atoms with E-state index in [0.717, 1.165) is 23.4 Å². The first-order valence-electron chi connectivity index (χ1n) is 22.9.